The van der Waals surface area contributed by atoms with E-state index in [9.17, 15) is 14.0 Å². The number of amides is 1. The van der Waals surface area contributed by atoms with Crippen LogP contribution in [-0.4, -0.2) is 31.9 Å². The number of alkyl carbamates (subject to hydrolysis) is 1. The summed E-state index contributed by atoms with van der Waals surface area (Å²) in [4.78, 5) is 22.3. The topological polar surface area (TPSA) is 64.6 Å². The van der Waals surface area contributed by atoms with Crippen molar-refractivity contribution in [3.8, 4) is 0 Å². The zero-order valence-corrected chi connectivity index (χ0v) is 11.0. The van der Waals surface area contributed by atoms with Crippen LogP contribution in [0.3, 0.4) is 0 Å². The third-order valence-electron chi connectivity index (χ3n) is 2.35. The van der Waals surface area contributed by atoms with Crippen molar-refractivity contribution < 1.29 is 23.5 Å². The number of nitrogens with one attached hydrogen (secondary N) is 1. The molecule has 0 heterocycles. The summed E-state index contributed by atoms with van der Waals surface area (Å²) >= 11 is 0. The molecule has 0 saturated heterocycles. The van der Waals surface area contributed by atoms with Crippen molar-refractivity contribution in [1.82, 2.24) is 5.32 Å². The molecule has 0 aliphatic carbocycles. The van der Waals surface area contributed by atoms with E-state index in [4.69, 9.17) is 4.74 Å². The normalized spacial score (nSPS) is 11.9. The van der Waals surface area contributed by atoms with Crippen LogP contribution < -0.4 is 5.32 Å². The van der Waals surface area contributed by atoms with Crippen molar-refractivity contribution in [3.63, 3.8) is 0 Å². The van der Waals surface area contributed by atoms with Gasteiger partial charge in [-0.2, -0.15) is 0 Å². The zero-order chi connectivity index (χ0) is 14.8. The van der Waals surface area contributed by atoms with Crippen LogP contribution in [0.4, 0.5) is 9.18 Å². The second-order valence-corrected chi connectivity index (χ2v) is 3.85. The number of carbonyl (C=O) groups is 2. The van der Waals surface area contributed by atoms with E-state index in [0.717, 1.165) is 11.6 Å². The lowest BCUT2D eigenvalue weighted by Crippen LogP contribution is -2.35. The summed E-state index contributed by atoms with van der Waals surface area (Å²) < 4.78 is 22.0. The van der Waals surface area contributed by atoms with Crippen molar-refractivity contribution in [2.45, 2.75) is 12.6 Å². The number of esters is 1. The van der Waals surface area contributed by atoms with Gasteiger partial charge < -0.3 is 14.8 Å². The number of halogens is 1. The third-order valence-corrected chi connectivity index (χ3v) is 2.35. The highest BCUT2D eigenvalue weighted by molar-refractivity contribution is 5.82. The minimum atomic E-state index is -0.933. The fraction of sp³-hybridized carbons (Fsp3) is 0.286. The van der Waals surface area contributed by atoms with Gasteiger partial charge in [-0.3, -0.25) is 0 Å². The van der Waals surface area contributed by atoms with E-state index < -0.39 is 24.8 Å². The van der Waals surface area contributed by atoms with Gasteiger partial charge in [-0.15, -0.1) is 0 Å². The molecule has 108 valence electrons. The molecule has 1 amide bonds. The number of hydrogen-bond acceptors (Lipinski definition) is 4. The van der Waals surface area contributed by atoms with E-state index in [1.807, 2.05) is 18.2 Å². The van der Waals surface area contributed by atoms with Gasteiger partial charge in [-0.25, -0.2) is 14.0 Å². The van der Waals surface area contributed by atoms with Gasteiger partial charge >= 0.3 is 12.1 Å². The molecule has 20 heavy (non-hydrogen) atoms. The molecule has 1 atom stereocenters. The van der Waals surface area contributed by atoms with Crippen molar-refractivity contribution in [2.24, 2.45) is 0 Å². The predicted molar refractivity (Wildman–Crippen MR) is 70.7 cm³/mol. The molecule has 0 bridgehead atoms. The molecule has 1 aromatic carbocycles. The Kier molecular flexibility index (Phi) is 6.81. The van der Waals surface area contributed by atoms with Crippen molar-refractivity contribution in [2.75, 3.05) is 13.8 Å². The summed E-state index contributed by atoms with van der Waals surface area (Å²) in [5.41, 5.74) is 0.824. The van der Waals surface area contributed by atoms with E-state index in [1.165, 1.54) is 13.2 Å². The molecule has 0 aliphatic heterocycles. The van der Waals surface area contributed by atoms with Gasteiger partial charge in [0.2, 0.25) is 0 Å². The lowest BCUT2D eigenvalue weighted by atomic mass is 10.2. The van der Waals surface area contributed by atoms with Crippen molar-refractivity contribution >= 4 is 12.1 Å². The first-order valence-corrected chi connectivity index (χ1v) is 5.95. The van der Waals surface area contributed by atoms with Crippen LogP contribution in [0, 0.1) is 0 Å². The monoisotopic (exact) mass is 281 g/mol. The Morgan fingerprint density at radius 2 is 2.05 bits per heavy atom. The number of alkyl halides is 1. The van der Waals surface area contributed by atoms with Gasteiger partial charge in [0.05, 0.1) is 13.2 Å². The smallest absolute Gasteiger partial charge is 0.408 e. The zero-order valence-electron chi connectivity index (χ0n) is 11.0. The Morgan fingerprint density at radius 3 is 2.65 bits per heavy atom. The average molecular weight is 281 g/mol. The quantitative estimate of drug-likeness (QED) is 0.639. The first kappa shape index (κ1) is 15.7. The largest absolute Gasteiger partial charge is 0.466 e. The Bertz CT molecular complexity index is 462. The molecule has 0 aromatic heterocycles. The van der Waals surface area contributed by atoms with E-state index in [0.29, 0.717) is 0 Å². The Hall–Kier alpha value is -2.37. The molecule has 1 aromatic rings. The molecule has 1 rings (SSSR count). The lowest BCUT2D eigenvalue weighted by Gasteiger charge is -2.11. The fourth-order valence-corrected chi connectivity index (χ4v) is 1.32. The van der Waals surface area contributed by atoms with Gasteiger partial charge in [0, 0.05) is 6.08 Å². The van der Waals surface area contributed by atoms with Gasteiger partial charge in [-0.1, -0.05) is 36.4 Å². The highest BCUT2D eigenvalue weighted by Gasteiger charge is 2.10. The van der Waals surface area contributed by atoms with Crippen LogP contribution in [-0.2, 0) is 20.9 Å². The van der Waals surface area contributed by atoms with Gasteiger partial charge in [0.15, 0.2) is 0 Å². The van der Waals surface area contributed by atoms with Crippen molar-refractivity contribution in [1.29, 1.82) is 0 Å². The second-order valence-electron chi connectivity index (χ2n) is 3.85. The van der Waals surface area contributed by atoms with Crippen LogP contribution in [0.1, 0.15) is 5.56 Å². The van der Waals surface area contributed by atoms with Crippen LogP contribution in [0.15, 0.2) is 42.5 Å². The lowest BCUT2D eigenvalue weighted by molar-refractivity contribution is -0.134. The van der Waals surface area contributed by atoms with E-state index in [2.05, 4.69) is 10.1 Å². The first-order valence-electron chi connectivity index (χ1n) is 5.95. The molecule has 0 aliphatic rings. The number of rotatable bonds is 6. The number of benzene rings is 1. The summed E-state index contributed by atoms with van der Waals surface area (Å²) in [7, 11) is 1.21. The Labute approximate surface area is 116 Å². The summed E-state index contributed by atoms with van der Waals surface area (Å²) in [6.07, 6.45) is 1.49. The molecule has 6 heteroatoms. The van der Waals surface area contributed by atoms with E-state index in [-0.39, 0.29) is 6.61 Å². The summed E-state index contributed by atoms with van der Waals surface area (Å²) in [5, 5.41) is 2.29. The van der Waals surface area contributed by atoms with Crippen molar-refractivity contribution in [3.05, 3.63) is 48.0 Å². The van der Waals surface area contributed by atoms with Gasteiger partial charge in [0.25, 0.3) is 0 Å². The molecular weight excluding hydrogens is 265 g/mol. The number of hydrogen-bond donors (Lipinski definition) is 1. The molecule has 0 spiro atoms. The number of carbonyl (C=O) groups excluding carboxylic acids is 2. The third kappa shape index (κ3) is 5.99. The standard InChI is InChI=1S/C14H16FNO4/c1-19-13(17)8-7-12(9-15)16-14(18)20-10-11-5-3-2-4-6-11/h2-8,12H,9-10H2,1H3,(H,16,18)/t12-/m0/s1. The minimum Gasteiger partial charge on any atom is -0.466 e. The minimum absolute atomic E-state index is 0.0897. The second kappa shape index (κ2) is 8.68. The summed E-state index contributed by atoms with van der Waals surface area (Å²) in [6.45, 7) is -0.764. The van der Waals surface area contributed by atoms with Crippen LogP contribution >= 0.6 is 0 Å². The van der Waals surface area contributed by atoms with Crippen LogP contribution in [0.25, 0.3) is 0 Å². The Morgan fingerprint density at radius 1 is 1.35 bits per heavy atom. The first-order chi connectivity index (χ1) is 9.65. The molecule has 5 nitrogen and oxygen atoms in total. The van der Waals surface area contributed by atoms with E-state index >= 15 is 0 Å². The molecule has 0 saturated carbocycles. The highest BCUT2D eigenvalue weighted by atomic mass is 19.1. The van der Waals surface area contributed by atoms with Gasteiger partial charge in [0.1, 0.15) is 13.3 Å². The molecule has 1 N–H and O–H groups in total. The predicted octanol–water partition coefficient (Wildman–Crippen LogP) is 1.98. The molecule has 0 radical (unpaired) electrons. The summed E-state index contributed by atoms with van der Waals surface area (Å²) in [6, 6.07) is 8.16. The average Bonchev–Trinajstić information content (AvgIpc) is 2.49. The van der Waals surface area contributed by atoms with E-state index in [1.54, 1.807) is 12.1 Å². The maximum absolute atomic E-state index is 12.7. The van der Waals surface area contributed by atoms with Crippen LogP contribution in [0.5, 0.6) is 0 Å². The summed E-state index contributed by atoms with van der Waals surface area (Å²) in [5.74, 6) is -0.622. The van der Waals surface area contributed by atoms with Crippen LogP contribution in [0.2, 0.25) is 0 Å². The molecular formula is C14H16FNO4. The fourth-order valence-electron chi connectivity index (χ4n) is 1.32. The maximum Gasteiger partial charge on any atom is 0.408 e. The maximum atomic E-state index is 12.7. The van der Waals surface area contributed by atoms with Gasteiger partial charge in [-0.05, 0) is 5.56 Å². The molecule has 0 fully saturated rings. The number of methoxy groups -OCH3 is 1. The highest BCUT2D eigenvalue weighted by Crippen LogP contribution is 2.01. The SMILES string of the molecule is COC(=O)C=C[C@@H](CF)NC(=O)OCc1ccccc1. The Balaban J connectivity index is 2.39. The molecule has 0 unspecified atom stereocenters. The number of ether oxygens (including phenoxy) is 2.